The van der Waals surface area contributed by atoms with Crippen LogP contribution >= 0.6 is 0 Å². The van der Waals surface area contributed by atoms with Crippen LogP contribution in [-0.4, -0.2) is 87.8 Å². The fourth-order valence-corrected chi connectivity index (χ4v) is 23.2. The van der Waals surface area contributed by atoms with Gasteiger partial charge in [-0.05, 0) is 265 Å². The highest BCUT2D eigenvalue weighted by molar-refractivity contribution is 5.09. The summed E-state index contributed by atoms with van der Waals surface area (Å²) in [5.41, 5.74) is 0. The van der Waals surface area contributed by atoms with Crippen molar-refractivity contribution in [1.82, 2.24) is 25.3 Å². The highest BCUT2D eigenvalue weighted by Gasteiger charge is 2.56. The van der Waals surface area contributed by atoms with Crippen LogP contribution in [0.5, 0.6) is 0 Å². The molecule has 0 aromatic carbocycles. The van der Waals surface area contributed by atoms with Gasteiger partial charge in [0.25, 0.3) is 0 Å². The molecule has 11 saturated carbocycles. The minimum absolute atomic E-state index is 0.605. The minimum Gasteiger partial charge on any atom is -0.301 e. The molecule has 9 unspecified atom stereocenters. The Morgan fingerprint density at radius 2 is 0.616 bits per heavy atom. The largest absolute Gasteiger partial charge is 0.301 e. The smallest absolute Gasteiger partial charge is 0.0603 e. The molecule has 13 rings (SSSR count). The summed E-state index contributed by atoms with van der Waals surface area (Å²) >= 11 is 0. The van der Waals surface area contributed by atoms with Crippen molar-refractivity contribution < 1.29 is 0 Å². The van der Waals surface area contributed by atoms with Gasteiger partial charge in [0.2, 0.25) is 0 Å². The van der Waals surface area contributed by atoms with Gasteiger partial charge in [-0.1, -0.05) is 89.9 Å². The molecule has 0 aromatic heterocycles. The van der Waals surface area contributed by atoms with E-state index in [9.17, 15) is 0 Å². The third-order valence-corrected chi connectivity index (χ3v) is 26.8. The Bertz CT molecular complexity index is 1520. The maximum absolute atomic E-state index is 4.18. The molecule has 11 aliphatic carbocycles. The molecule has 2 heterocycles. The third-order valence-electron chi connectivity index (χ3n) is 26.8. The van der Waals surface area contributed by atoms with E-state index in [0.717, 1.165) is 120 Å². The van der Waals surface area contributed by atoms with Crippen LogP contribution in [0.2, 0.25) is 0 Å². The average Bonchev–Trinajstić information content (AvgIpc) is 3.80. The Hall–Kier alpha value is -0.200. The number of nitrogens with one attached hydrogen (secondary N) is 2. The molecule has 13 fully saturated rings. The van der Waals surface area contributed by atoms with E-state index in [1.165, 1.54) is 186 Å². The van der Waals surface area contributed by atoms with E-state index in [-0.39, 0.29) is 0 Å². The highest BCUT2D eigenvalue weighted by Crippen LogP contribution is 2.58. The Labute approximate surface area is 450 Å². The molecule has 9 atom stereocenters. The van der Waals surface area contributed by atoms with Gasteiger partial charge in [-0.2, -0.15) is 0 Å². The number of rotatable bonds is 11. The predicted octanol–water partition coefficient (Wildman–Crippen LogP) is 16.4. The van der Waals surface area contributed by atoms with E-state index in [1.807, 2.05) is 0 Å². The molecular formula is C68H117N5. The molecule has 5 heteroatoms. The molecule has 0 radical (unpaired) electrons. The second-order valence-corrected chi connectivity index (χ2v) is 30.2. The van der Waals surface area contributed by atoms with Crippen molar-refractivity contribution in [1.29, 1.82) is 0 Å². The molecular weight excluding hydrogens is 887 g/mol. The molecule has 0 amide bonds. The molecule has 0 spiro atoms. The van der Waals surface area contributed by atoms with Gasteiger partial charge in [0.05, 0.1) is 6.17 Å². The quantitative estimate of drug-likeness (QED) is 0.216. The Balaban J connectivity index is 0.659. The summed E-state index contributed by atoms with van der Waals surface area (Å²) < 4.78 is 0. The van der Waals surface area contributed by atoms with Crippen LogP contribution in [0.1, 0.15) is 295 Å². The van der Waals surface area contributed by atoms with Gasteiger partial charge in [-0.15, -0.1) is 0 Å². The Morgan fingerprint density at radius 3 is 1.07 bits per heavy atom. The lowest BCUT2D eigenvalue weighted by atomic mass is 9.62. The minimum atomic E-state index is 0.605. The van der Waals surface area contributed by atoms with E-state index in [2.05, 4.69) is 25.3 Å². The summed E-state index contributed by atoms with van der Waals surface area (Å²) in [7, 11) is 0. The number of hydrogen-bond donors (Lipinski definition) is 2. The summed E-state index contributed by atoms with van der Waals surface area (Å²) in [6.45, 7) is 1.29. The number of likely N-dealkylation sites (tertiary alicyclic amines) is 1. The zero-order chi connectivity index (χ0) is 48.5. The molecule has 0 aromatic rings. The van der Waals surface area contributed by atoms with Crippen molar-refractivity contribution in [3.63, 3.8) is 0 Å². The second kappa shape index (κ2) is 24.7. The molecule has 73 heavy (non-hydrogen) atoms. The van der Waals surface area contributed by atoms with Gasteiger partial charge in [0.1, 0.15) is 0 Å². The van der Waals surface area contributed by atoms with E-state index < -0.39 is 0 Å². The van der Waals surface area contributed by atoms with Gasteiger partial charge in [-0.25, -0.2) is 0 Å². The van der Waals surface area contributed by atoms with Crippen LogP contribution in [0.3, 0.4) is 0 Å². The normalized spacial score (nSPS) is 45.7. The summed E-state index contributed by atoms with van der Waals surface area (Å²) in [5, 5.41) is 8.22. The van der Waals surface area contributed by atoms with Crippen LogP contribution < -0.4 is 10.6 Å². The number of hydrogen-bond acceptors (Lipinski definition) is 5. The lowest BCUT2D eigenvalue weighted by Gasteiger charge is -2.50. The zero-order valence-corrected chi connectivity index (χ0v) is 47.7. The summed E-state index contributed by atoms with van der Waals surface area (Å²) in [4.78, 5) is 9.96. The highest BCUT2D eigenvalue weighted by atomic mass is 15.3. The maximum atomic E-state index is 4.18. The lowest BCUT2D eigenvalue weighted by molar-refractivity contribution is 0.00178. The summed E-state index contributed by atoms with van der Waals surface area (Å²) in [6, 6.07) is 9.10. The zero-order valence-electron chi connectivity index (χ0n) is 47.7. The van der Waals surface area contributed by atoms with Crippen LogP contribution in [0.25, 0.3) is 0 Å². The van der Waals surface area contributed by atoms with Gasteiger partial charge < -0.3 is 5.32 Å². The van der Waals surface area contributed by atoms with Crippen molar-refractivity contribution >= 4 is 0 Å². The first-order valence-corrected chi connectivity index (χ1v) is 35.0. The maximum Gasteiger partial charge on any atom is 0.0603 e. The van der Waals surface area contributed by atoms with E-state index >= 15 is 0 Å². The summed E-state index contributed by atoms with van der Waals surface area (Å²) in [5.74, 6) is 10.0. The van der Waals surface area contributed by atoms with Gasteiger partial charge >= 0.3 is 0 Å². The lowest BCUT2D eigenvalue weighted by Crippen LogP contribution is -2.62. The number of fused-ring (bicyclic) bond motifs is 4. The molecule has 5 nitrogen and oxygen atoms in total. The van der Waals surface area contributed by atoms with Gasteiger partial charge in [0.15, 0.2) is 0 Å². The van der Waals surface area contributed by atoms with Crippen LogP contribution in [0.15, 0.2) is 0 Å². The Morgan fingerprint density at radius 1 is 0.274 bits per heavy atom. The van der Waals surface area contributed by atoms with Crippen molar-refractivity contribution in [3.8, 4) is 0 Å². The van der Waals surface area contributed by atoms with Crippen LogP contribution in [0, 0.1) is 59.2 Å². The monoisotopic (exact) mass is 1000 g/mol. The van der Waals surface area contributed by atoms with E-state index in [4.69, 9.17) is 0 Å². The van der Waals surface area contributed by atoms with E-state index in [0.29, 0.717) is 6.17 Å². The summed E-state index contributed by atoms with van der Waals surface area (Å²) in [6.07, 6.45) is 70.9. The van der Waals surface area contributed by atoms with Crippen molar-refractivity contribution in [2.45, 2.75) is 362 Å². The third kappa shape index (κ3) is 11.6. The fraction of sp³-hybridized carbons (Fsp3) is 1.00. The Kier molecular flexibility index (Phi) is 17.6. The first-order valence-electron chi connectivity index (χ1n) is 35.0. The molecule has 13 aliphatic rings. The molecule has 414 valence electrons. The predicted molar refractivity (Wildman–Crippen MR) is 306 cm³/mol. The average molecular weight is 1000 g/mol. The standard InChI is InChI=1S/C68H117N5/c1-5-16-56(17-6-1)71(57-18-7-2-8-19-57)60-37-31-50(32-38-60)53-35-43-66-63(45-53)64-46-54(51-33-39-61(40-34-51)72(58-20-9-3-10-21-58)59-22-11-4-12-23-59)36-44-67(64)73(66)62-41-29-49(30-42-62)48-25-27-52(28-26-48)68-69-47-55-15-13-14-24-65(55)70-68/h48-70H,1-47H2. The fourth-order valence-electron chi connectivity index (χ4n) is 23.2. The molecule has 0 bridgehead atoms. The number of nitrogens with zero attached hydrogens (tertiary/aromatic N) is 3. The van der Waals surface area contributed by atoms with E-state index in [1.54, 1.807) is 116 Å². The molecule has 2 aliphatic heterocycles. The van der Waals surface area contributed by atoms with Crippen molar-refractivity contribution in [2.75, 3.05) is 6.54 Å². The van der Waals surface area contributed by atoms with Crippen LogP contribution in [-0.2, 0) is 0 Å². The second-order valence-electron chi connectivity index (χ2n) is 30.2. The van der Waals surface area contributed by atoms with Crippen molar-refractivity contribution in [2.24, 2.45) is 59.2 Å². The first-order chi connectivity index (χ1) is 36.2. The van der Waals surface area contributed by atoms with Gasteiger partial charge in [-0.3, -0.25) is 20.0 Å². The topological polar surface area (TPSA) is 33.8 Å². The van der Waals surface area contributed by atoms with Crippen molar-refractivity contribution in [3.05, 3.63) is 0 Å². The molecule has 2 saturated heterocycles. The van der Waals surface area contributed by atoms with Gasteiger partial charge in [0, 0.05) is 67.0 Å². The van der Waals surface area contributed by atoms with Crippen LogP contribution in [0.4, 0.5) is 0 Å². The SMILES string of the molecule is C1CCC(N(C2CCCCC2)C2CCC(C3CCC4C(C3)C3CC(C5CCC(N(C6CCCCC6)C6CCCCC6)CC5)CCC3N4C3CCC(C4CCC(C5NCC6CCCCC6N5)CC4)CC3)CC2)CC1. The first kappa shape index (κ1) is 52.2. The molecule has 2 N–H and O–H groups in total.